The number of likely N-dealkylation sites (tertiary alicyclic amines) is 1. The van der Waals surface area contributed by atoms with Gasteiger partial charge < -0.3 is 9.80 Å². The molecule has 2 aliphatic rings. The Labute approximate surface area is 209 Å². The smallest absolute Gasteiger partial charge is 0.225 e. The van der Waals surface area contributed by atoms with Gasteiger partial charge in [-0.05, 0) is 43.9 Å². The zero-order valence-electron chi connectivity index (χ0n) is 20.3. The minimum Gasteiger partial charge on any atom is -0.357 e. The molecule has 2 saturated heterocycles. The van der Waals surface area contributed by atoms with Crippen LogP contribution in [0.2, 0.25) is 0 Å². The van der Waals surface area contributed by atoms with E-state index >= 15 is 0 Å². The summed E-state index contributed by atoms with van der Waals surface area (Å²) in [7, 11) is 1.89. The first-order chi connectivity index (χ1) is 17.6. The molecular formula is C27H28N8O. The number of amides is 1. The van der Waals surface area contributed by atoms with Crippen molar-refractivity contribution in [3.05, 3.63) is 54.7 Å². The van der Waals surface area contributed by atoms with E-state index < -0.39 is 0 Å². The van der Waals surface area contributed by atoms with Crippen molar-refractivity contribution in [3.63, 3.8) is 0 Å². The summed E-state index contributed by atoms with van der Waals surface area (Å²) in [6.45, 7) is 3.50. The van der Waals surface area contributed by atoms with Gasteiger partial charge in [-0.3, -0.25) is 9.48 Å². The molecule has 36 heavy (non-hydrogen) atoms. The quantitative estimate of drug-likeness (QED) is 0.444. The number of carbonyl (C=O) groups is 1. The van der Waals surface area contributed by atoms with Gasteiger partial charge in [0.2, 0.25) is 5.91 Å². The third-order valence-corrected chi connectivity index (χ3v) is 7.42. The number of pyridine rings is 2. The van der Waals surface area contributed by atoms with Crippen molar-refractivity contribution in [2.24, 2.45) is 13.0 Å². The summed E-state index contributed by atoms with van der Waals surface area (Å²) >= 11 is 0. The third kappa shape index (κ3) is 3.98. The predicted octanol–water partition coefficient (Wildman–Crippen LogP) is 3.51. The average Bonchev–Trinajstić information content (AvgIpc) is 3.69. The molecule has 9 heteroatoms. The number of carbonyl (C=O) groups excluding carboxylic acids is 1. The first kappa shape index (κ1) is 22.3. The molecule has 1 amide bonds. The van der Waals surface area contributed by atoms with Crippen LogP contribution in [0, 0.1) is 17.2 Å². The molecule has 2 fully saturated rings. The van der Waals surface area contributed by atoms with Crippen molar-refractivity contribution in [2.75, 3.05) is 31.1 Å². The molecule has 0 radical (unpaired) electrons. The molecule has 0 unspecified atom stereocenters. The summed E-state index contributed by atoms with van der Waals surface area (Å²) in [6, 6.07) is 8.42. The fraction of sp³-hybridized carbons (Fsp3) is 0.370. The normalized spacial score (nSPS) is 16.6. The SMILES string of the molecule is Cn1cc(-c2cc(-c3ccc(N4CCC(C(=O)N5CCCC5)CC4)nc3)c3c(C#N)cnn3c2)cn1. The summed E-state index contributed by atoms with van der Waals surface area (Å²) in [4.78, 5) is 21.9. The first-order valence-electron chi connectivity index (χ1n) is 12.5. The van der Waals surface area contributed by atoms with E-state index in [1.807, 2.05) is 42.8 Å². The molecule has 182 valence electrons. The lowest BCUT2D eigenvalue weighted by molar-refractivity contribution is -0.135. The van der Waals surface area contributed by atoms with Gasteiger partial charge in [-0.25, -0.2) is 9.50 Å². The van der Waals surface area contributed by atoms with Gasteiger partial charge in [0, 0.05) is 80.0 Å². The monoisotopic (exact) mass is 480 g/mol. The van der Waals surface area contributed by atoms with Crippen LogP contribution in [-0.2, 0) is 11.8 Å². The van der Waals surface area contributed by atoms with Gasteiger partial charge in [0.1, 0.15) is 11.9 Å². The highest BCUT2D eigenvalue weighted by atomic mass is 16.2. The highest BCUT2D eigenvalue weighted by Crippen LogP contribution is 2.33. The van der Waals surface area contributed by atoms with E-state index in [9.17, 15) is 10.1 Å². The molecule has 0 aromatic carbocycles. The largest absolute Gasteiger partial charge is 0.357 e. The highest BCUT2D eigenvalue weighted by Gasteiger charge is 2.30. The standard InChI is InChI=1S/C27H28N8O/c1-32-17-23(16-30-32)21-12-24(26-22(13-28)15-31-35(26)18-21)20-4-5-25(29-14-20)33-10-6-19(7-11-33)27(36)34-8-2-3-9-34/h4-5,12,14-19H,2-3,6-11H2,1H3. The number of fused-ring (bicyclic) bond motifs is 1. The topological polar surface area (TPSA) is 95.3 Å². The lowest BCUT2D eigenvalue weighted by atomic mass is 9.95. The second-order valence-electron chi connectivity index (χ2n) is 9.71. The van der Waals surface area contributed by atoms with E-state index in [0.717, 1.165) is 85.5 Å². The Morgan fingerprint density at radius 2 is 1.78 bits per heavy atom. The first-order valence-corrected chi connectivity index (χ1v) is 12.5. The van der Waals surface area contributed by atoms with Crippen LogP contribution >= 0.6 is 0 Å². The number of rotatable bonds is 4. The minimum atomic E-state index is 0.133. The van der Waals surface area contributed by atoms with Crippen molar-refractivity contribution >= 4 is 17.2 Å². The van der Waals surface area contributed by atoms with Crippen LogP contribution in [0.3, 0.4) is 0 Å². The zero-order valence-corrected chi connectivity index (χ0v) is 20.3. The van der Waals surface area contributed by atoms with Crippen LogP contribution in [0.4, 0.5) is 5.82 Å². The molecule has 4 aromatic heterocycles. The lowest BCUT2D eigenvalue weighted by Gasteiger charge is -2.33. The molecule has 0 N–H and O–H groups in total. The molecule has 6 rings (SSSR count). The summed E-state index contributed by atoms with van der Waals surface area (Å²) < 4.78 is 3.52. The predicted molar refractivity (Wildman–Crippen MR) is 136 cm³/mol. The molecule has 0 spiro atoms. The van der Waals surface area contributed by atoms with Crippen LogP contribution in [0.5, 0.6) is 0 Å². The number of piperidine rings is 1. The van der Waals surface area contributed by atoms with E-state index in [-0.39, 0.29) is 5.92 Å². The Kier molecular flexibility index (Phi) is 5.64. The van der Waals surface area contributed by atoms with Crippen LogP contribution in [0.15, 0.2) is 49.2 Å². The van der Waals surface area contributed by atoms with E-state index in [2.05, 4.69) is 33.3 Å². The number of nitrogens with zero attached hydrogens (tertiary/aromatic N) is 8. The van der Waals surface area contributed by atoms with Crippen LogP contribution in [0.1, 0.15) is 31.2 Å². The number of aryl methyl sites for hydroxylation is 1. The van der Waals surface area contributed by atoms with Crippen molar-refractivity contribution in [3.8, 4) is 28.3 Å². The number of hydrogen-bond acceptors (Lipinski definition) is 6. The summed E-state index contributed by atoms with van der Waals surface area (Å²) in [5.41, 5.74) is 5.06. The summed E-state index contributed by atoms with van der Waals surface area (Å²) in [5.74, 6) is 1.38. The van der Waals surface area contributed by atoms with Gasteiger partial charge in [-0.2, -0.15) is 15.5 Å². The lowest BCUT2D eigenvalue weighted by Crippen LogP contribution is -2.41. The maximum Gasteiger partial charge on any atom is 0.225 e. The van der Waals surface area contributed by atoms with Crippen molar-refractivity contribution in [1.82, 2.24) is 29.3 Å². The van der Waals surface area contributed by atoms with Crippen molar-refractivity contribution in [2.45, 2.75) is 25.7 Å². The van der Waals surface area contributed by atoms with E-state index in [1.165, 1.54) is 0 Å². The maximum absolute atomic E-state index is 12.8. The third-order valence-electron chi connectivity index (χ3n) is 7.42. The Morgan fingerprint density at radius 1 is 0.972 bits per heavy atom. The molecule has 0 bridgehead atoms. The van der Waals surface area contributed by atoms with Gasteiger partial charge in [-0.1, -0.05) is 0 Å². The van der Waals surface area contributed by atoms with Gasteiger partial charge in [-0.15, -0.1) is 0 Å². The van der Waals surface area contributed by atoms with E-state index in [0.29, 0.717) is 11.5 Å². The summed E-state index contributed by atoms with van der Waals surface area (Å²) in [5, 5.41) is 18.4. The second kappa shape index (κ2) is 9.11. The highest BCUT2D eigenvalue weighted by molar-refractivity contribution is 5.87. The van der Waals surface area contributed by atoms with E-state index in [1.54, 1.807) is 15.4 Å². The molecule has 6 heterocycles. The van der Waals surface area contributed by atoms with Gasteiger partial charge in [0.15, 0.2) is 0 Å². The zero-order chi connectivity index (χ0) is 24.6. The molecule has 9 nitrogen and oxygen atoms in total. The Bertz CT molecular complexity index is 1450. The number of anilines is 1. The summed E-state index contributed by atoms with van der Waals surface area (Å²) in [6.07, 6.45) is 13.2. The number of hydrogen-bond donors (Lipinski definition) is 0. The molecule has 0 aliphatic carbocycles. The van der Waals surface area contributed by atoms with Crippen molar-refractivity contribution in [1.29, 1.82) is 5.26 Å². The molecule has 4 aromatic rings. The molecule has 0 saturated carbocycles. The Hall–Kier alpha value is -4.19. The number of nitriles is 1. The van der Waals surface area contributed by atoms with Crippen LogP contribution < -0.4 is 4.90 Å². The molecule has 2 aliphatic heterocycles. The molecular weight excluding hydrogens is 452 g/mol. The van der Waals surface area contributed by atoms with Crippen molar-refractivity contribution < 1.29 is 4.79 Å². The van der Waals surface area contributed by atoms with Gasteiger partial charge in [0.05, 0.1) is 23.5 Å². The van der Waals surface area contributed by atoms with Crippen LogP contribution in [-0.4, -0.2) is 61.4 Å². The Morgan fingerprint density at radius 3 is 2.44 bits per heavy atom. The number of aromatic nitrogens is 5. The fourth-order valence-corrected chi connectivity index (χ4v) is 5.44. The minimum absolute atomic E-state index is 0.133. The van der Waals surface area contributed by atoms with Crippen LogP contribution in [0.25, 0.3) is 27.8 Å². The molecule has 0 atom stereocenters. The second-order valence-corrected chi connectivity index (χ2v) is 9.71. The van der Waals surface area contributed by atoms with E-state index in [4.69, 9.17) is 4.98 Å². The van der Waals surface area contributed by atoms with Gasteiger partial charge in [0.25, 0.3) is 0 Å². The Balaban J connectivity index is 1.25. The van der Waals surface area contributed by atoms with Gasteiger partial charge >= 0.3 is 0 Å². The average molecular weight is 481 g/mol. The fourth-order valence-electron chi connectivity index (χ4n) is 5.44. The maximum atomic E-state index is 12.8.